The van der Waals surface area contributed by atoms with Gasteiger partial charge in [0.25, 0.3) is 0 Å². The van der Waals surface area contributed by atoms with E-state index in [1.165, 1.54) is 25.1 Å². The third-order valence-electron chi connectivity index (χ3n) is 4.50. The number of hydrogen-bond donors (Lipinski definition) is 1. The van der Waals surface area contributed by atoms with Crippen molar-refractivity contribution in [2.24, 2.45) is 5.92 Å². The Morgan fingerprint density at radius 1 is 1.35 bits per heavy atom. The molecule has 1 N–H and O–H groups in total. The molecule has 1 aliphatic heterocycles. The van der Waals surface area contributed by atoms with E-state index < -0.39 is 0 Å². The van der Waals surface area contributed by atoms with Crippen LogP contribution in [0.1, 0.15) is 18.9 Å². The standard InChI is InChI=1S/C17H28N2O/c1-17(14-20,16-7-5-4-6-8-16)13-19(3)12-15-9-10-18(2)11-15/h4-8,15,20H,9-14H2,1-3H3. The Hall–Kier alpha value is -0.900. The van der Waals surface area contributed by atoms with Crippen LogP contribution in [0.5, 0.6) is 0 Å². The van der Waals surface area contributed by atoms with Crippen LogP contribution in [0, 0.1) is 5.92 Å². The Labute approximate surface area is 123 Å². The molecule has 1 aromatic carbocycles. The zero-order chi connectivity index (χ0) is 14.6. The van der Waals surface area contributed by atoms with Gasteiger partial charge in [0.05, 0.1) is 6.61 Å². The van der Waals surface area contributed by atoms with E-state index in [2.05, 4.69) is 55.1 Å². The van der Waals surface area contributed by atoms with Gasteiger partial charge >= 0.3 is 0 Å². The minimum absolute atomic E-state index is 0.180. The highest BCUT2D eigenvalue weighted by Crippen LogP contribution is 2.25. The SMILES string of the molecule is CN1CCC(CN(C)CC(C)(CO)c2ccccc2)C1. The highest BCUT2D eigenvalue weighted by Gasteiger charge is 2.29. The number of likely N-dealkylation sites (N-methyl/N-ethyl adjacent to an activating group) is 1. The predicted octanol–water partition coefficient (Wildman–Crippen LogP) is 1.82. The van der Waals surface area contributed by atoms with Crippen LogP contribution in [0.3, 0.4) is 0 Å². The average molecular weight is 276 g/mol. The fourth-order valence-corrected chi connectivity index (χ4v) is 3.35. The van der Waals surface area contributed by atoms with E-state index in [4.69, 9.17) is 0 Å². The molecule has 0 amide bonds. The van der Waals surface area contributed by atoms with Crippen molar-refractivity contribution in [2.45, 2.75) is 18.8 Å². The number of aliphatic hydroxyl groups excluding tert-OH is 1. The van der Waals surface area contributed by atoms with Gasteiger partial charge in [-0.15, -0.1) is 0 Å². The van der Waals surface area contributed by atoms with E-state index in [1.807, 2.05) is 6.07 Å². The van der Waals surface area contributed by atoms with Crippen LogP contribution in [0.25, 0.3) is 0 Å². The molecule has 1 aromatic rings. The molecule has 3 heteroatoms. The molecular formula is C17H28N2O. The van der Waals surface area contributed by atoms with E-state index in [1.54, 1.807) is 0 Å². The van der Waals surface area contributed by atoms with E-state index in [9.17, 15) is 5.11 Å². The summed E-state index contributed by atoms with van der Waals surface area (Å²) in [6, 6.07) is 10.4. The lowest BCUT2D eigenvalue weighted by Gasteiger charge is -2.33. The number of aliphatic hydroxyl groups is 1. The Balaban J connectivity index is 1.95. The molecule has 2 unspecified atom stereocenters. The van der Waals surface area contributed by atoms with Crippen LogP contribution in [-0.4, -0.2) is 61.8 Å². The predicted molar refractivity (Wildman–Crippen MR) is 84.0 cm³/mol. The fourth-order valence-electron chi connectivity index (χ4n) is 3.35. The van der Waals surface area contributed by atoms with Gasteiger partial charge in [-0.3, -0.25) is 0 Å². The molecule has 0 aromatic heterocycles. The summed E-state index contributed by atoms with van der Waals surface area (Å²) in [6.07, 6.45) is 1.29. The Morgan fingerprint density at radius 3 is 2.60 bits per heavy atom. The van der Waals surface area contributed by atoms with Crippen LogP contribution in [0.15, 0.2) is 30.3 Å². The summed E-state index contributed by atoms with van der Waals surface area (Å²) in [7, 11) is 4.37. The van der Waals surface area contributed by atoms with Crippen LogP contribution >= 0.6 is 0 Å². The smallest absolute Gasteiger partial charge is 0.0537 e. The third-order valence-corrected chi connectivity index (χ3v) is 4.50. The highest BCUT2D eigenvalue weighted by atomic mass is 16.3. The van der Waals surface area contributed by atoms with E-state index in [0.717, 1.165) is 19.0 Å². The lowest BCUT2D eigenvalue weighted by molar-refractivity contribution is 0.149. The molecule has 1 saturated heterocycles. The van der Waals surface area contributed by atoms with Gasteiger partial charge in [0, 0.05) is 25.0 Å². The first-order valence-electron chi connectivity index (χ1n) is 7.57. The normalized spacial score (nSPS) is 23.1. The van der Waals surface area contributed by atoms with Gasteiger partial charge in [-0.25, -0.2) is 0 Å². The maximum absolute atomic E-state index is 9.86. The molecule has 2 atom stereocenters. The minimum atomic E-state index is -0.180. The Kier molecular flexibility index (Phi) is 5.19. The number of nitrogens with zero attached hydrogens (tertiary/aromatic N) is 2. The molecule has 0 spiro atoms. The van der Waals surface area contributed by atoms with Gasteiger partial charge in [0.15, 0.2) is 0 Å². The molecule has 1 aliphatic rings. The molecule has 1 fully saturated rings. The van der Waals surface area contributed by atoms with Crippen LogP contribution in [-0.2, 0) is 5.41 Å². The number of rotatable bonds is 6. The van der Waals surface area contributed by atoms with Gasteiger partial charge in [-0.2, -0.15) is 0 Å². The van der Waals surface area contributed by atoms with Crippen molar-refractivity contribution in [1.82, 2.24) is 9.80 Å². The summed E-state index contributed by atoms with van der Waals surface area (Å²) in [5.74, 6) is 0.767. The second kappa shape index (κ2) is 6.70. The zero-order valence-electron chi connectivity index (χ0n) is 13.0. The van der Waals surface area contributed by atoms with Crippen LogP contribution < -0.4 is 0 Å². The maximum atomic E-state index is 9.86. The summed E-state index contributed by atoms with van der Waals surface area (Å²) in [5.41, 5.74) is 1.04. The van der Waals surface area contributed by atoms with Crippen LogP contribution in [0.4, 0.5) is 0 Å². The number of likely N-dealkylation sites (tertiary alicyclic amines) is 1. The number of benzene rings is 1. The maximum Gasteiger partial charge on any atom is 0.0537 e. The van der Waals surface area contributed by atoms with Crippen molar-refractivity contribution in [3.63, 3.8) is 0 Å². The van der Waals surface area contributed by atoms with Gasteiger partial charge in [0.2, 0.25) is 0 Å². The first kappa shape index (κ1) is 15.5. The van der Waals surface area contributed by atoms with Crippen LogP contribution in [0.2, 0.25) is 0 Å². The molecule has 1 heterocycles. The third kappa shape index (κ3) is 3.81. The van der Waals surface area contributed by atoms with E-state index in [-0.39, 0.29) is 12.0 Å². The molecule has 0 bridgehead atoms. The van der Waals surface area contributed by atoms with Crippen molar-refractivity contribution < 1.29 is 5.11 Å². The Bertz CT molecular complexity index is 409. The summed E-state index contributed by atoms with van der Waals surface area (Å²) in [5, 5.41) is 9.86. The summed E-state index contributed by atoms with van der Waals surface area (Å²) >= 11 is 0. The highest BCUT2D eigenvalue weighted by molar-refractivity contribution is 5.25. The zero-order valence-corrected chi connectivity index (χ0v) is 13.0. The van der Waals surface area contributed by atoms with Crippen molar-refractivity contribution in [3.8, 4) is 0 Å². The summed E-state index contributed by atoms with van der Waals surface area (Å²) in [6.45, 7) is 6.77. The number of hydrogen-bond acceptors (Lipinski definition) is 3. The topological polar surface area (TPSA) is 26.7 Å². The second-order valence-electron chi connectivity index (χ2n) is 6.70. The summed E-state index contributed by atoms with van der Waals surface area (Å²) in [4.78, 5) is 4.79. The minimum Gasteiger partial charge on any atom is -0.395 e. The lowest BCUT2D eigenvalue weighted by atomic mass is 9.82. The largest absolute Gasteiger partial charge is 0.395 e. The molecule has 0 saturated carbocycles. The van der Waals surface area contributed by atoms with Gasteiger partial charge in [-0.05, 0) is 38.5 Å². The quantitative estimate of drug-likeness (QED) is 0.858. The average Bonchev–Trinajstić information content (AvgIpc) is 2.84. The molecule has 20 heavy (non-hydrogen) atoms. The van der Waals surface area contributed by atoms with E-state index >= 15 is 0 Å². The molecular weight excluding hydrogens is 248 g/mol. The van der Waals surface area contributed by atoms with Crippen molar-refractivity contribution >= 4 is 0 Å². The van der Waals surface area contributed by atoms with Crippen molar-refractivity contribution in [1.29, 1.82) is 0 Å². The summed E-state index contributed by atoms with van der Waals surface area (Å²) < 4.78 is 0. The Morgan fingerprint density at radius 2 is 2.05 bits per heavy atom. The van der Waals surface area contributed by atoms with Gasteiger partial charge in [0.1, 0.15) is 0 Å². The van der Waals surface area contributed by atoms with Gasteiger partial charge in [-0.1, -0.05) is 37.3 Å². The first-order chi connectivity index (χ1) is 9.53. The fraction of sp³-hybridized carbons (Fsp3) is 0.647. The van der Waals surface area contributed by atoms with Gasteiger partial charge < -0.3 is 14.9 Å². The molecule has 2 rings (SSSR count). The first-order valence-corrected chi connectivity index (χ1v) is 7.57. The molecule has 0 radical (unpaired) electrons. The van der Waals surface area contributed by atoms with Crippen molar-refractivity contribution in [3.05, 3.63) is 35.9 Å². The second-order valence-corrected chi connectivity index (χ2v) is 6.70. The molecule has 0 aliphatic carbocycles. The lowest BCUT2D eigenvalue weighted by Crippen LogP contribution is -2.41. The monoisotopic (exact) mass is 276 g/mol. The molecule has 112 valence electrons. The molecule has 3 nitrogen and oxygen atoms in total. The van der Waals surface area contributed by atoms with Crippen molar-refractivity contribution in [2.75, 3.05) is 46.9 Å². The van der Waals surface area contributed by atoms with E-state index in [0.29, 0.717) is 0 Å².